The molecule has 0 bridgehead atoms. The van der Waals surface area contributed by atoms with Gasteiger partial charge in [0.2, 0.25) is 10.0 Å². The van der Waals surface area contributed by atoms with E-state index in [1.807, 2.05) is 25.3 Å². The highest BCUT2D eigenvalue weighted by Crippen LogP contribution is 2.30. The lowest BCUT2D eigenvalue weighted by Crippen LogP contribution is -2.27. The number of aromatic nitrogens is 2. The van der Waals surface area contributed by atoms with Crippen molar-refractivity contribution >= 4 is 32.4 Å². The second-order valence-electron chi connectivity index (χ2n) is 7.81. The van der Waals surface area contributed by atoms with E-state index in [1.54, 1.807) is 0 Å². The lowest BCUT2D eigenvalue weighted by atomic mass is 10.2. The number of hydrogen-bond acceptors (Lipinski definition) is 5. The van der Waals surface area contributed by atoms with Crippen LogP contribution in [0.15, 0.2) is 53.3 Å². The molecule has 0 saturated carbocycles. The molecule has 9 heteroatoms. The molecule has 7 nitrogen and oxygen atoms in total. The number of amides is 1. The lowest BCUT2D eigenvalue weighted by Gasteiger charge is -2.15. The molecule has 0 spiro atoms. The fourth-order valence-electron chi connectivity index (χ4n) is 3.95. The third-order valence-corrected chi connectivity index (χ3v) is 8.38. The summed E-state index contributed by atoms with van der Waals surface area (Å²) in [6, 6.07) is 8.14. The van der Waals surface area contributed by atoms with Crippen LogP contribution >= 0.6 is 11.3 Å². The molecule has 0 atom stereocenters. The van der Waals surface area contributed by atoms with Crippen LogP contribution in [0.5, 0.6) is 0 Å². The van der Waals surface area contributed by atoms with Crippen molar-refractivity contribution in [2.24, 2.45) is 0 Å². The minimum atomic E-state index is -3.49. The SMILES string of the molecule is C=CCn1c(C)cc(-c2csc(NC(=O)c3ccc(S(=O)(=O)N4CCCC4)cc3)n2)c1C. The van der Waals surface area contributed by atoms with Crippen LogP contribution in [0.3, 0.4) is 0 Å². The van der Waals surface area contributed by atoms with Crippen LogP contribution in [-0.4, -0.2) is 41.3 Å². The largest absolute Gasteiger partial charge is 0.345 e. The second kappa shape index (κ2) is 9.01. The maximum Gasteiger partial charge on any atom is 0.257 e. The summed E-state index contributed by atoms with van der Waals surface area (Å²) in [7, 11) is -3.49. The molecule has 3 aromatic rings. The standard InChI is InChI=1S/C23H26N4O3S2/c1-4-11-27-16(2)14-20(17(27)3)21-15-31-23(24-21)25-22(28)18-7-9-19(10-8-18)32(29,30)26-12-5-6-13-26/h4,7-10,14-15H,1,5-6,11-13H2,2-3H3,(H,24,25,28). The zero-order chi connectivity index (χ0) is 22.9. The molecule has 2 aromatic heterocycles. The topological polar surface area (TPSA) is 84.3 Å². The molecule has 1 aromatic carbocycles. The zero-order valence-corrected chi connectivity index (χ0v) is 19.8. The first-order valence-corrected chi connectivity index (χ1v) is 12.8. The third-order valence-electron chi connectivity index (χ3n) is 5.71. The highest BCUT2D eigenvalue weighted by molar-refractivity contribution is 7.89. The fraction of sp³-hybridized carbons (Fsp3) is 0.304. The van der Waals surface area contributed by atoms with Gasteiger partial charge in [0, 0.05) is 47.5 Å². The van der Waals surface area contributed by atoms with Crippen LogP contribution in [0.2, 0.25) is 0 Å². The number of sulfonamides is 1. The summed E-state index contributed by atoms with van der Waals surface area (Å²) >= 11 is 1.35. The average molecular weight is 471 g/mol. The Hall–Kier alpha value is -2.75. The van der Waals surface area contributed by atoms with Crippen molar-refractivity contribution in [3.05, 3.63) is 65.3 Å². The minimum Gasteiger partial charge on any atom is -0.345 e. The van der Waals surface area contributed by atoms with Crippen LogP contribution in [0, 0.1) is 13.8 Å². The molecule has 32 heavy (non-hydrogen) atoms. The average Bonchev–Trinajstić information content (AvgIpc) is 3.52. The molecular formula is C23H26N4O3S2. The highest BCUT2D eigenvalue weighted by Gasteiger charge is 2.27. The lowest BCUT2D eigenvalue weighted by molar-refractivity contribution is 0.102. The van der Waals surface area contributed by atoms with E-state index >= 15 is 0 Å². The fourth-order valence-corrected chi connectivity index (χ4v) is 6.17. The number of nitrogens with zero attached hydrogens (tertiary/aromatic N) is 3. The number of carbonyl (C=O) groups is 1. The monoisotopic (exact) mass is 470 g/mol. The second-order valence-corrected chi connectivity index (χ2v) is 10.6. The number of aryl methyl sites for hydroxylation is 1. The van der Waals surface area contributed by atoms with E-state index in [2.05, 4.69) is 27.5 Å². The van der Waals surface area contributed by atoms with Crippen molar-refractivity contribution < 1.29 is 13.2 Å². The summed E-state index contributed by atoms with van der Waals surface area (Å²) in [5, 5.41) is 5.22. The number of hydrogen-bond donors (Lipinski definition) is 1. The Morgan fingerprint density at radius 2 is 1.91 bits per heavy atom. The molecule has 1 aliphatic rings. The first kappa shape index (κ1) is 22.4. The quantitative estimate of drug-likeness (QED) is 0.517. The number of carbonyl (C=O) groups excluding carboxylic acids is 1. The van der Waals surface area contributed by atoms with Gasteiger partial charge in [0.15, 0.2) is 5.13 Å². The van der Waals surface area contributed by atoms with Gasteiger partial charge in [-0.1, -0.05) is 6.08 Å². The summed E-state index contributed by atoms with van der Waals surface area (Å²) < 4.78 is 29.0. The van der Waals surface area contributed by atoms with Gasteiger partial charge >= 0.3 is 0 Å². The normalized spacial score (nSPS) is 14.6. The van der Waals surface area contributed by atoms with Gasteiger partial charge in [-0.05, 0) is 57.0 Å². The first-order chi connectivity index (χ1) is 15.3. The van der Waals surface area contributed by atoms with Crippen LogP contribution in [0.4, 0.5) is 5.13 Å². The molecule has 1 aliphatic heterocycles. The van der Waals surface area contributed by atoms with Crippen LogP contribution in [0.1, 0.15) is 34.6 Å². The molecule has 1 fully saturated rings. The third kappa shape index (κ3) is 4.28. The molecule has 1 saturated heterocycles. The van der Waals surface area contributed by atoms with Gasteiger partial charge in [-0.3, -0.25) is 10.1 Å². The number of nitrogens with one attached hydrogen (secondary N) is 1. The van der Waals surface area contributed by atoms with Crippen LogP contribution in [0.25, 0.3) is 11.3 Å². The predicted octanol–water partition coefficient (Wildman–Crippen LogP) is 4.45. The van der Waals surface area contributed by atoms with Crippen molar-refractivity contribution in [2.45, 2.75) is 38.1 Å². The van der Waals surface area contributed by atoms with Gasteiger partial charge in [-0.25, -0.2) is 13.4 Å². The van der Waals surface area contributed by atoms with E-state index in [-0.39, 0.29) is 10.8 Å². The van der Waals surface area contributed by atoms with Crippen molar-refractivity contribution in [2.75, 3.05) is 18.4 Å². The molecule has 0 aliphatic carbocycles. The van der Waals surface area contributed by atoms with Crippen molar-refractivity contribution in [3.8, 4) is 11.3 Å². The predicted molar refractivity (Wildman–Crippen MR) is 128 cm³/mol. The maximum absolute atomic E-state index is 12.7. The number of thiazole rings is 1. The number of anilines is 1. The summed E-state index contributed by atoms with van der Waals surface area (Å²) in [4.78, 5) is 17.5. The molecule has 0 radical (unpaired) electrons. The van der Waals surface area contributed by atoms with E-state index in [0.717, 1.165) is 42.0 Å². The van der Waals surface area contributed by atoms with E-state index in [0.29, 0.717) is 23.8 Å². The van der Waals surface area contributed by atoms with E-state index < -0.39 is 10.0 Å². The van der Waals surface area contributed by atoms with E-state index in [9.17, 15) is 13.2 Å². The molecule has 1 amide bonds. The Bertz CT molecular complexity index is 1250. The Balaban J connectivity index is 1.48. The first-order valence-electron chi connectivity index (χ1n) is 10.5. The Morgan fingerprint density at radius 1 is 1.22 bits per heavy atom. The number of benzene rings is 1. The molecular weight excluding hydrogens is 444 g/mol. The molecule has 4 rings (SSSR count). The van der Waals surface area contributed by atoms with E-state index in [1.165, 1.54) is 39.9 Å². The summed E-state index contributed by atoms with van der Waals surface area (Å²) in [5.74, 6) is -0.326. The van der Waals surface area contributed by atoms with Gasteiger partial charge in [0.05, 0.1) is 10.6 Å². The minimum absolute atomic E-state index is 0.211. The van der Waals surface area contributed by atoms with Gasteiger partial charge in [-0.15, -0.1) is 17.9 Å². The van der Waals surface area contributed by atoms with Gasteiger partial charge in [0.1, 0.15) is 0 Å². The maximum atomic E-state index is 12.7. The van der Waals surface area contributed by atoms with Crippen LogP contribution in [-0.2, 0) is 16.6 Å². The Morgan fingerprint density at radius 3 is 2.56 bits per heavy atom. The molecule has 168 valence electrons. The molecule has 0 unspecified atom stereocenters. The van der Waals surface area contributed by atoms with Crippen molar-refractivity contribution in [3.63, 3.8) is 0 Å². The number of allylic oxidation sites excluding steroid dienone is 1. The van der Waals surface area contributed by atoms with Gasteiger partial charge in [-0.2, -0.15) is 4.31 Å². The smallest absolute Gasteiger partial charge is 0.257 e. The van der Waals surface area contributed by atoms with Crippen molar-refractivity contribution in [1.82, 2.24) is 13.9 Å². The van der Waals surface area contributed by atoms with Crippen LogP contribution < -0.4 is 5.32 Å². The van der Waals surface area contributed by atoms with Crippen molar-refractivity contribution in [1.29, 1.82) is 0 Å². The zero-order valence-electron chi connectivity index (χ0n) is 18.2. The number of rotatable bonds is 7. The summed E-state index contributed by atoms with van der Waals surface area (Å²) in [6.07, 6.45) is 3.62. The molecule has 1 N–H and O–H groups in total. The highest BCUT2D eigenvalue weighted by atomic mass is 32.2. The summed E-state index contributed by atoms with van der Waals surface area (Å²) in [5.41, 5.74) is 4.44. The Labute approximate surface area is 192 Å². The van der Waals surface area contributed by atoms with E-state index in [4.69, 9.17) is 0 Å². The Kier molecular flexibility index (Phi) is 6.32. The van der Waals surface area contributed by atoms with Gasteiger partial charge < -0.3 is 4.57 Å². The summed E-state index contributed by atoms with van der Waals surface area (Å²) in [6.45, 7) is 9.72. The van der Waals surface area contributed by atoms with Gasteiger partial charge in [0.25, 0.3) is 5.91 Å². The molecule has 3 heterocycles.